The Morgan fingerprint density at radius 3 is 1.33 bits per heavy atom. The molecule has 148 valence electrons. The van der Waals surface area contributed by atoms with Crippen molar-refractivity contribution in [3.05, 3.63) is 82.9 Å². The Kier molecular flexibility index (Phi) is 3.70. The highest BCUT2D eigenvalue weighted by Gasteiger charge is 2.27. The molecule has 0 unspecified atom stereocenters. The minimum atomic E-state index is -0.952. The van der Waals surface area contributed by atoms with Gasteiger partial charge in [0.15, 0.2) is 0 Å². The van der Waals surface area contributed by atoms with Crippen LogP contribution in [-0.2, 0) is 0 Å². The number of aliphatic hydroxyl groups excluding tert-OH is 4. The topological polar surface area (TPSA) is 80.9 Å². The summed E-state index contributed by atoms with van der Waals surface area (Å²) in [4.78, 5) is 0. The van der Waals surface area contributed by atoms with E-state index >= 15 is 0 Å². The Labute approximate surface area is 172 Å². The largest absolute Gasteiger partial charge is 0.386 e. The maximum atomic E-state index is 10.5. The van der Waals surface area contributed by atoms with Crippen molar-refractivity contribution in [2.45, 2.75) is 24.4 Å². The van der Waals surface area contributed by atoms with E-state index in [0.29, 0.717) is 0 Å². The van der Waals surface area contributed by atoms with Crippen LogP contribution in [-0.4, -0.2) is 32.6 Å². The molecule has 0 aromatic heterocycles. The fourth-order valence-electron chi connectivity index (χ4n) is 5.06. The van der Waals surface area contributed by atoms with Crippen molar-refractivity contribution >= 4 is 44.5 Å². The van der Waals surface area contributed by atoms with Crippen molar-refractivity contribution in [2.24, 2.45) is 0 Å². The van der Waals surface area contributed by atoms with Gasteiger partial charge in [0.2, 0.25) is 0 Å². The molecule has 0 aliphatic heterocycles. The highest BCUT2D eigenvalue weighted by molar-refractivity contribution is 6.28. The molecule has 0 radical (unpaired) electrons. The van der Waals surface area contributed by atoms with Crippen molar-refractivity contribution in [1.29, 1.82) is 0 Å². The lowest BCUT2D eigenvalue weighted by Crippen LogP contribution is -2.20. The van der Waals surface area contributed by atoms with Crippen molar-refractivity contribution in [1.82, 2.24) is 0 Å². The van der Waals surface area contributed by atoms with Gasteiger partial charge in [-0.1, -0.05) is 72.8 Å². The van der Waals surface area contributed by atoms with Gasteiger partial charge in [0.1, 0.15) is 24.4 Å². The number of rotatable bonds is 0. The van der Waals surface area contributed by atoms with Crippen LogP contribution in [0.25, 0.3) is 44.5 Å². The van der Waals surface area contributed by atoms with E-state index in [4.69, 9.17) is 0 Å². The standard InChI is InChI=1S/C26H20O4/c27-21-11-9-17-19(25(21)29)7-5-15-16-6-8-20-18(10-12-22(28)26(20)30)24(16)14-4-2-1-3-13(14)23(15)17/h1-12,21-22,25-30H/t21-,22-,25-,26-/m0/s1. The average molecular weight is 396 g/mol. The third-order valence-electron chi connectivity index (χ3n) is 6.52. The van der Waals surface area contributed by atoms with Crippen LogP contribution in [0.3, 0.4) is 0 Å². The van der Waals surface area contributed by atoms with Crippen LogP contribution in [0.4, 0.5) is 0 Å². The Bertz CT molecular complexity index is 1290. The third kappa shape index (κ3) is 2.25. The number of benzene rings is 4. The van der Waals surface area contributed by atoms with Crippen LogP contribution < -0.4 is 0 Å². The fourth-order valence-corrected chi connectivity index (χ4v) is 5.06. The molecule has 4 N–H and O–H groups in total. The molecule has 0 fully saturated rings. The fraction of sp³-hybridized carbons (Fsp3) is 0.154. The van der Waals surface area contributed by atoms with Crippen LogP contribution in [0.1, 0.15) is 34.5 Å². The molecular weight excluding hydrogens is 376 g/mol. The second-order valence-electron chi connectivity index (χ2n) is 8.12. The van der Waals surface area contributed by atoms with Crippen LogP contribution >= 0.6 is 0 Å². The predicted molar refractivity (Wildman–Crippen MR) is 119 cm³/mol. The highest BCUT2D eigenvalue weighted by atomic mass is 16.3. The minimum Gasteiger partial charge on any atom is -0.386 e. The first kappa shape index (κ1) is 17.8. The second kappa shape index (κ2) is 6.24. The Morgan fingerprint density at radius 1 is 0.500 bits per heavy atom. The first-order valence-corrected chi connectivity index (χ1v) is 10.1. The van der Waals surface area contributed by atoms with Crippen LogP contribution in [0.5, 0.6) is 0 Å². The van der Waals surface area contributed by atoms with Crippen LogP contribution in [0.2, 0.25) is 0 Å². The van der Waals surface area contributed by atoms with Gasteiger partial charge in [-0.15, -0.1) is 0 Å². The number of fused-ring (bicyclic) bond motifs is 10. The molecule has 0 spiro atoms. The summed E-state index contributed by atoms with van der Waals surface area (Å²) in [5, 5.41) is 47.5. The summed E-state index contributed by atoms with van der Waals surface area (Å²) in [5.74, 6) is 0. The number of hydrogen-bond donors (Lipinski definition) is 4. The Morgan fingerprint density at radius 2 is 0.900 bits per heavy atom. The third-order valence-corrected chi connectivity index (χ3v) is 6.52. The van der Waals surface area contributed by atoms with Gasteiger partial charge in [-0.25, -0.2) is 0 Å². The van der Waals surface area contributed by atoms with E-state index in [9.17, 15) is 20.4 Å². The molecule has 4 aromatic carbocycles. The molecule has 2 aliphatic carbocycles. The van der Waals surface area contributed by atoms with Gasteiger partial charge in [0.05, 0.1) is 0 Å². The van der Waals surface area contributed by atoms with E-state index < -0.39 is 24.4 Å². The predicted octanol–water partition coefficient (Wildman–Crippen LogP) is 3.99. The summed E-state index contributed by atoms with van der Waals surface area (Å²) in [6.45, 7) is 0. The van der Waals surface area contributed by atoms with Gasteiger partial charge < -0.3 is 20.4 Å². The molecule has 0 saturated carbocycles. The van der Waals surface area contributed by atoms with Crippen LogP contribution in [0.15, 0.2) is 60.7 Å². The Balaban J connectivity index is 1.84. The molecule has 4 atom stereocenters. The van der Waals surface area contributed by atoms with Gasteiger partial charge in [0, 0.05) is 0 Å². The second-order valence-corrected chi connectivity index (χ2v) is 8.12. The number of aliphatic hydroxyl groups is 4. The van der Waals surface area contributed by atoms with Crippen LogP contribution in [0, 0.1) is 0 Å². The van der Waals surface area contributed by atoms with Crippen molar-refractivity contribution in [3.8, 4) is 0 Å². The molecule has 30 heavy (non-hydrogen) atoms. The van der Waals surface area contributed by atoms with E-state index in [2.05, 4.69) is 12.1 Å². The lowest BCUT2D eigenvalue weighted by Gasteiger charge is -2.26. The first-order valence-electron chi connectivity index (χ1n) is 10.1. The summed E-state index contributed by atoms with van der Waals surface area (Å²) in [6, 6.07) is 15.9. The summed E-state index contributed by atoms with van der Waals surface area (Å²) < 4.78 is 0. The maximum absolute atomic E-state index is 10.5. The summed E-state index contributed by atoms with van der Waals surface area (Å²) in [5.41, 5.74) is 3.29. The SMILES string of the molecule is O[C@H]1C=Cc2c(ccc3c4ccc5c(c4c4ccccc4c23)C=C[C@H](O)[C@H]5O)[C@@H]1O. The molecular formula is C26H20O4. The zero-order chi connectivity index (χ0) is 20.6. The summed E-state index contributed by atoms with van der Waals surface area (Å²) in [7, 11) is 0. The Hall–Kier alpha value is -3.02. The molecule has 4 nitrogen and oxygen atoms in total. The lowest BCUT2D eigenvalue weighted by molar-refractivity contribution is 0.0471. The molecule has 0 amide bonds. The molecule has 6 rings (SSSR count). The summed E-state index contributed by atoms with van der Waals surface area (Å²) in [6.07, 6.45) is 3.34. The number of hydrogen-bond acceptors (Lipinski definition) is 4. The average Bonchev–Trinajstić information content (AvgIpc) is 2.78. The molecule has 0 bridgehead atoms. The highest BCUT2D eigenvalue weighted by Crippen LogP contribution is 2.44. The smallest absolute Gasteiger partial charge is 0.109 e. The molecule has 0 saturated heterocycles. The quantitative estimate of drug-likeness (QED) is 0.339. The molecule has 0 heterocycles. The van der Waals surface area contributed by atoms with Gasteiger partial charge in [-0.3, -0.25) is 0 Å². The van der Waals surface area contributed by atoms with Gasteiger partial charge in [-0.05, 0) is 54.6 Å². The van der Waals surface area contributed by atoms with Gasteiger partial charge in [0.25, 0.3) is 0 Å². The molecule has 4 aromatic rings. The first-order chi connectivity index (χ1) is 14.6. The van der Waals surface area contributed by atoms with Gasteiger partial charge in [-0.2, -0.15) is 0 Å². The van der Waals surface area contributed by atoms with E-state index in [1.165, 1.54) is 0 Å². The monoisotopic (exact) mass is 396 g/mol. The minimum absolute atomic E-state index is 0.721. The zero-order valence-electron chi connectivity index (χ0n) is 16.0. The van der Waals surface area contributed by atoms with Crippen molar-refractivity contribution in [3.63, 3.8) is 0 Å². The van der Waals surface area contributed by atoms with Crippen molar-refractivity contribution in [2.75, 3.05) is 0 Å². The zero-order valence-corrected chi connectivity index (χ0v) is 16.0. The van der Waals surface area contributed by atoms with E-state index in [-0.39, 0.29) is 0 Å². The normalized spacial score (nSPS) is 25.1. The molecule has 4 heteroatoms. The van der Waals surface area contributed by atoms with E-state index in [1.54, 1.807) is 12.2 Å². The van der Waals surface area contributed by atoms with Gasteiger partial charge >= 0.3 is 0 Å². The maximum Gasteiger partial charge on any atom is 0.109 e. The molecule has 2 aliphatic rings. The van der Waals surface area contributed by atoms with Crippen molar-refractivity contribution < 1.29 is 20.4 Å². The van der Waals surface area contributed by atoms with E-state index in [1.807, 2.05) is 48.6 Å². The van der Waals surface area contributed by atoms with E-state index in [0.717, 1.165) is 54.6 Å². The summed E-state index contributed by atoms with van der Waals surface area (Å²) >= 11 is 0. The lowest BCUT2D eigenvalue weighted by atomic mass is 9.82.